The Kier molecular flexibility index (Phi) is 5.40. The van der Waals surface area contributed by atoms with E-state index in [1.807, 2.05) is 32.0 Å². The summed E-state index contributed by atoms with van der Waals surface area (Å²) in [5.74, 6) is -0.460. The zero-order valence-corrected chi connectivity index (χ0v) is 14.1. The molecule has 0 radical (unpaired) electrons. The second-order valence-electron chi connectivity index (χ2n) is 5.51. The topological polar surface area (TPSA) is 49.4 Å². The molecule has 23 heavy (non-hydrogen) atoms. The van der Waals surface area contributed by atoms with Gasteiger partial charge in [-0.05, 0) is 55.3 Å². The summed E-state index contributed by atoms with van der Waals surface area (Å²) in [6, 6.07) is 12.7. The van der Waals surface area contributed by atoms with Crippen LogP contribution in [0.5, 0.6) is 0 Å². The first-order valence-corrected chi connectivity index (χ1v) is 7.65. The molecule has 0 bridgehead atoms. The maximum atomic E-state index is 12.2. The van der Waals surface area contributed by atoms with Gasteiger partial charge in [-0.2, -0.15) is 0 Å². The van der Waals surface area contributed by atoms with E-state index >= 15 is 0 Å². The van der Waals surface area contributed by atoms with Crippen molar-refractivity contribution in [3.8, 4) is 0 Å². The number of nitrogens with one attached hydrogen (secondary N) is 1. The Hall–Kier alpha value is -2.33. The van der Waals surface area contributed by atoms with Crippen molar-refractivity contribution in [1.82, 2.24) is 0 Å². The number of hydrogen-bond donors (Lipinski definition) is 1. The van der Waals surface area contributed by atoms with Crippen molar-refractivity contribution in [3.05, 3.63) is 58.6 Å². The van der Waals surface area contributed by atoms with Crippen LogP contribution in [0.4, 0.5) is 11.4 Å². The molecule has 0 unspecified atom stereocenters. The third kappa shape index (κ3) is 4.83. The van der Waals surface area contributed by atoms with Gasteiger partial charge in [-0.25, -0.2) is 0 Å². The van der Waals surface area contributed by atoms with E-state index in [0.29, 0.717) is 10.7 Å². The summed E-state index contributed by atoms with van der Waals surface area (Å²) < 4.78 is 0. The maximum absolute atomic E-state index is 12.2. The Morgan fingerprint density at radius 3 is 2.30 bits per heavy atom. The van der Waals surface area contributed by atoms with Gasteiger partial charge in [0.1, 0.15) is 6.54 Å². The van der Waals surface area contributed by atoms with E-state index in [1.54, 1.807) is 24.3 Å². The monoisotopic (exact) mass is 330 g/mol. The summed E-state index contributed by atoms with van der Waals surface area (Å²) in [5.41, 5.74) is 3.41. The van der Waals surface area contributed by atoms with Crippen LogP contribution in [0.3, 0.4) is 0 Å². The minimum atomic E-state index is -0.276. The molecule has 0 fully saturated rings. The van der Waals surface area contributed by atoms with Crippen molar-refractivity contribution in [2.24, 2.45) is 0 Å². The Balaban J connectivity index is 2.16. The minimum Gasteiger partial charge on any atom is -0.324 e. The number of carbonyl (C=O) groups is 2. The van der Waals surface area contributed by atoms with E-state index in [1.165, 1.54) is 11.8 Å². The molecule has 2 aromatic carbocycles. The number of amides is 2. The van der Waals surface area contributed by atoms with Crippen molar-refractivity contribution < 1.29 is 9.59 Å². The summed E-state index contributed by atoms with van der Waals surface area (Å²) in [5, 5.41) is 3.29. The number of halogens is 1. The second kappa shape index (κ2) is 7.29. The van der Waals surface area contributed by atoms with Crippen LogP contribution in [0, 0.1) is 13.8 Å². The van der Waals surface area contributed by atoms with Crippen LogP contribution in [0.1, 0.15) is 18.1 Å². The molecule has 1 N–H and O–H groups in total. The third-order valence-electron chi connectivity index (χ3n) is 3.31. The average Bonchev–Trinajstić information content (AvgIpc) is 2.43. The smallest absolute Gasteiger partial charge is 0.244 e. The largest absolute Gasteiger partial charge is 0.324 e. The van der Waals surface area contributed by atoms with E-state index in [9.17, 15) is 9.59 Å². The predicted molar refractivity (Wildman–Crippen MR) is 94.0 cm³/mol. The van der Waals surface area contributed by atoms with Crippen molar-refractivity contribution >= 4 is 34.8 Å². The summed E-state index contributed by atoms with van der Waals surface area (Å²) >= 11 is 5.90. The Morgan fingerprint density at radius 2 is 1.74 bits per heavy atom. The van der Waals surface area contributed by atoms with E-state index < -0.39 is 0 Å². The first kappa shape index (κ1) is 17.0. The fourth-order valence-electron chi connectivity index (χ4n) is 2.40. The summed E-state index contributed by atoms with van der Waals surface area (Å²) in [6.07, 6.45) is 0. The summed E-state index contributed by atoms with van der Waals surface area (Å²) in [6.45, 7) is 5.32. The lowest BCUT2D eigenvalue weighted by molar-refractivity contribution is -0.120. The van der Waals surface area contributed by atoms with Crippen LogP contribution < -0.4 is 10.2 Å². The van der Waals surface area contributed by atoms with Crippen molar-refractivity contribution in [2.45, 2.75) is 20.8 Å². The van der Waals surface area contributed by atoms with Gasteiger partial charge in [0, 0.05) is 23.3 Å². The molecular formula is C18H19ClN2O2. The normalized spacial score (nSPS) is 10.3. The zero-order chi connectivity index (χ0) is 17.0. The van der Waals surface area contributed by atoms with Crippen molar-refractivity contribution in [3.63, 3.8) is 0 Å². The van der Waals surface area contributed by atoms with Crippen LogP contribution in [0.25, 0.3) is 0 Å². The summed E-state index contributed by atoms with van der Waals surface area (Å²) in [4.78, 5) is 25.6. The Labute approximate surface area is 141 Å². The van der Waals surface area contributed by atoms with Gasteiger partial charge in [0.2, 0.25) is 11.8 Å². The molecule has 0 spiro atoms. The molecular weight excluding hydrogens is 312 g/mol. The highest BCUT2D eigenvalue weighted by molar-refractivity contribution is 6.30. The molecule has 0 saturated carbocycles. The lowest BCUT2D eigenvalue weighted by atomic mass is 10.1. The van der Waals surface area contributed by atoms with Crippen LogP contribution in [-0.4, -0.2) is 18.4 Å². The number of aryl methyl sites for hydroxylation is 2. The van der Waals surface area contributed by atoms with Gasteiger partial charge in [-0.15, -0.1) is 0 Å². The first-order chi connectivity index (χ1) is 10.8. The van der Waals surface area contributed by atoms with Crippen molar-refractivity contribution in [1.29, 1.82) is 0 Å². The third-order valence-corrected chi connectivity index (χ3v) is 3.54. The van der Waals surface area contributed by atoms with Gasteiger partial charge >= 0.3 is 0 Å². The minimum absolute atomic E-state index is 0.0509. The van der Waals surface area contributed by atoms with Crippen LogP contribution in [0.15, 0.2) is 42.5 Å². The van der Waals surface area contributed by atoms with E-state index in [-0.39, 0.29) is 18.4 Å². The van der Waals surface area contributed by atoms with Gasteiger partial charge in [0.05, 0.1) is 0 Å². The fourth-order valence-corrected chi connectivity index (χ4v) is 2.59. The van der Waals surface area contributed by atoms with Gasteiger partial charge in [0.15, 0.2) is 0 Å². The van der Waals surface area contributed by atoms with Gasteiger partial charge in [0.25, 0.3) is 0 Å². The number of carbonyl (C=O) groups excluding carboxylic acids is 2. The van der Waals surface area contributed by atoms with E-state index in [2.05, 4.69) is 5.32 Å². The van der Waals surface area contributed by atoms with Crippen LogP contribution in [-0.2, 0) is 9.59 Å². The molecule has 0 aliphatic rings. The highest BCUT2D eigenvalue weighted by atomic mass is 35.5. The number of benzene rings is 2. The summed E-state index contributed by atoms with van der Waals surface area (Å²) in [7, 11) is 0. The van der Waals surface area contributed by atoms with Crippen LogP contribution >= 0.6 is 11.6 Å². The van der Waals surface area contributed by atoms with E-state index in [0.717, 1.165) is 16.8 Å². The van der Waals surface area contributed by atoms with Gasteiger partial charge < -0.3 is 10.2 Å². The Bertz CT molecular complexity index is 723. The standard InChI is InChI=1S/C18H19ClN2O2/c1-12-7-13(2)9-17(8-12)21(14(3)22)11-18(23)20-16-6-4-5-15(19)10-16/h4-10H,11H2,1-3H3,(H,20,23). The molecule has 0 atom stereocenters. The SMILES string of the molecule is CC(=O)N(CC(=O)Nc1cccc(Cl)c1)c1cc(C)cc(C)c1. The lowest BCUT2D eigenvalue weighted by Gasteiger charge is -2.21. The van der Waals surface area contributed by atoms with Crippen LogP contribution in [0.2, 0.25) is 5.02 Å². The quantitative estimate of drug-likeness (QED) is 0.922. The molecule has 5 heteroatoms. The molecule has 0 aliphatic heterocycles. The molecule has 2 amide bonds. The van der Waals surface area contributed by atoms with Gasteiger partial charge in [-0.3, -0.25) is 9.59 Å². The number of hydrogen-bond acceptors (Lipinski definition) is 2. The average molecular weight is 331 g/mol. The molecule has 120 valence electrons. The molecule has 4 nitrogen and oxygen atoms in total. The number of nitrogens with zero attached hydrogens (tertiary/aromatic N) is 1. The zero-order valence-electron chi connectivity index (χ0n) is 13.4. The lowest BCUT2D eigenvalue weighted by Crippen LogP contribution is -2.36. The first-order valence-electron chi connectivity index (χ1n) is 7.27. The number of rotatable bonds is 4. The maximum Gasteiger partial charge on any atom is 0.244 e. The molecule has 0 aromatic heterocycles. The predicted octanol–water partition coefficient (Wildman–Crippen LogP) is 3.95. The Morgan fingerprint density at radius 1 is 1.09 bits per heavy atom. The number of anilines is 2. The molecule has 0 aliphatic carbocycles. The molecule has 0 heterocycles. The van der Waals surface area contributed by atoms with Gasteiger partial charge in [-0.1, -0.05) is 23.7 Å². The van der Waals surface area contributed by atoms with Crippen molar-refractivity contribution in [2.75, 3.05) is 16.8 Å². The highest BCUT2D eigenvalue weighted by Gasteiger charge is 2.16. The highest BCUT2D eigenvalue weighted by Crippen LogP contribution is 2.20. The molecule has 0 saturated heterocycles. The van der Waals surface area contributed by atoms with E-state index in [4.69, 9.17) is 11.6 Å². The molecule has 2 rings (SSSR count). The fraction of sp³-hybridized carbons (Fsp3) is 0.222. The molecule has 2 aromatic rings. The second-order valence-corrected chi connectivity index (χ2v) is 5.95.